The van der Waals surface area contributed by atoms with Crippen LogP contribution in [0.5, 0.6) is 0 Å². The van der Waals surface area contributed by atoms with E-state index in [1.807, 2.05) is 0 Å². The lowest BCUT2D eigenvalue weighted by Gasteiger charge is -2.30. The Morgan fingerprint density at radius 3 is 2.29 bits per heavy atom. The van der Waals surface area contributed by atoms with E-state index in [1.165, 1.54) is 11.1 Å². The third-order valence-corrected chi connectivity index (χ3v) is 3.23. The minimum atomic E-state index is -0.0653. The minimum Gasteiger partial charge on any atom is -0.344 e. The topological polar surface area (TPSA) is 20.3 Å². The van der Waals surface area contributed by atoms with Gasteiger partial charge in [-0.1, -0.05) is 43.7 Å². The number of carbonyl (C=O) groups is 1. The van der Waals surface area contributed by atoms with E-state index in [1.54, 1.807) is 11.9 Å². The summed E-state index contributed by atoms with van der Waals surface area (Å²) in [5.41, 5.74) is 2.41. The molecule has 0 heterocycles. The first kappa shape index (κ1) is 14.0. The van der Waals surface area contributed by atoms with Crippen LogP contribution >= 0.6 is 11.6 Å². The minimum absolute atomic E-state index is 0.0353. The fraction of sp³-hybridized carbons (Fsp3) is 0.500. The highest BCUT2D eigenvalue weighted by molar-refractivity contribution is 6.27. The second-order valence-corrected chi connectivity index (χ2v) is 5.40. The lowest BCUT2D eigenvalue weighted by Crippen LogP contribution is -2.38. The number of likely N-dealkylation sites (N-methyl/N-ethyl adjacent to an activating group) is 1. The van der Waals surface area contributed by atoms with Gasteiger partial charge in [-0.2, -0.15) is 0 Å². The van der Waals surface area contributed by atoms with Crippen molar-refractivity contribution in [3.8, 4) is 0 Å². The molecule has 1 aromatic carbocycles. The summed E-state index contributed by atoms with van der Waals surface area (Å²) in [6.45, 7) is 7.01. The van der Waals surface area contributed by atoms with Crippen LogP contribution in [0.3, 0.4) is 0 Å². The van der Waals surface area contributed by atoms with Gasteiger partial charge >= 0.3 is 0 Å². The number of aryl methyl sites for hydroxylation is 1. The zero-order valence-corrected chi connectivity index (χ0v) is 11.7. The van der Waals surface area contributed by atoms with Crippen LogP contribution in [0.2, 0.25) is 0 Å². The third-order valence-electron chi connectivity index (χ3n) is 3.01. The van der Waals surface area contributed by atoms with Gasteiger partial charge in [-0.3, -0.25) is 4.79 Å². The van der Waals surface area contributed by atoms with Crippen molar-refractivity contribution in [2.45, 2.75) is 26.2 Å². The summed E-state index contributed by atoms with van der Waals surface area (Å²) in [7, 11) is 1.79. The molecule has 0 atom stereocenters. The smallest absolute Gasteiger partial charge is 0.237 e. The molecule has 1 rings (SSSR count). The first-order valence-electron chi connectivity index (χ1n) is 5.74. The van der Waals surface area contributed by atoms with Gasteiger partial charge in [0.05, 0.1) is 0 Å². The van der Waals surface area contributed by atoms with Crippen molar-refractivity contribution in [3.05, 3.63) is 35.4 Å². The summed E-state index contributed by atoms with van der Waals surface area (Å²) in [6.07, 6.45) is 0. The lowest BCUT2D eigenvalue weighted by atomic mass is 9.84. The maximum Gasteiger partial charge on any atom is 0.237 e. The van der Waals surface area contributed by atoms with Gasteiger partial charge in [-0.25, -0.2) is 0 Å². The normalized spacial score (nSPS) is 11.4. The van der Waals surface area contributed by atoms with Crippen LogP contribution in [0.1, 0.15) is 25.0 Å². The quantitative estimate of drug-likeness (QED) is 0.756. The van der Waals surface area contributed by atoms with E-state index in [2.05, 4.69) is 45.0 Å². The predicted octanol–water partition coefficient (Wildman–Crippen LogP) is 2.97. The van der Waals surface area contributed by atoms with Gasteiger partial charge < -0.3 is 4.90 Å². The van der Waals surface area contributed by atoms with Gasteiger partial charge in [-0.05, 0) is 12.5 Å². The van der Waals surface area contributed by atoms with E-state index in [4.69, 9.17) is 11.6 Å². The molecule has 0 radical (unpaired) electrons. The summed E-state index contributed by atoms with van der Waals surface area (Å²) in [4.78, 5) is 13.2. The van der Waals surface area contributed by atoms with Crippen molar-refractivity contribution >= 4 is 17.5 Å². The Hall–Kier alpha value is -1.02. The molecule has 0 aliphatic rings. The molecule has 0 saturated heterocycles. The van der Waals surface area contributed by atoms with Crippen molar-refractivity contribution in [2.24, 2.45) is 0 Å². The SMILES string of the molecule is Cc1ccc(C(C)(C)CN(C)C(=O)CCl)cc1. The molecule has 0 fully saturated rings. The molecule has 1 aromatic rings. The van der Waals surface area contributed by atoms with Crippen LogP contribution in [-0.2, 0) is 10.2 Å². The number of amides is 1. The number of hydrogen-bond donors (Lipinski definition) is 0. The van der Waals surface area contributed by atoms with E-state index in [0.717, 1.165) is 0 Å². The van der Waals surface area contributed by atoms with E-state index < -0.39 is 0 Å². The summed E-state index contributed by atoms with van der Waals surface area (Å²) < 4.78 is 0. The monoisotopic (exact) mass is 253 g/mol. The molecule has 0 spiro atoms. The average molecular weight is 254 g/mol. The Labute approximate surface area is 109 Å². The Morgan fingerprint density at radius 1 is 1.29 bits per heavy atom. The number of hydrogen-bond acceptors (Lipinski definition) is 1. The number of alkyl halides is 1. The van der Waals surface area contributed by atoms with Crippen LogP contribution in [0, 0.1) is 6.92 Å². The Bertz CT molecular complexity index is 384. The molecular weight excluding hydrogens is 234 g/mol. The van der Waals surface area contributed by atoms with Crippen LogP contribution in [0.15, 0.2) is 24.3 Å². The molecule has 2 nitrogen and oxygen atoms in total. The molecule has 1 amide bonds. The summed E-state index contributed by atoms with van der Waals surface area (Å²) in [5.74, 6) is 0.00682. The number of nitrogens with zero attached hydrogens (tertiary/aromatic N) is 1. The predicted molar refractivity (Wildman–Crippen MR) is 72.6 cm³/mol. The van der Waals surface area contributed by atoms with Crippen LogP contribution in [0.25, 0.3) is 0 Å². The molecule has 3 heteroatoms. The molecular formula is C14H20ClNO. The summed E-state index contributed by atoms with van der Waals surface area (Å²) >= 11 is 5.55. The molecule has 17 heavy (non-hydrogen) atoms. The molecule has 94 valence electrons. The van der Waals surface area contributed by atoms with Crippen LogP contribution < -0.4 is 0 Å². The molecule has 0 aliphatic carbocycles. The zero-order chi connectivity index (χ0) is 13.1. The summed E-state index contributed by atoms with van der Waals surface area (Å²) in [5, 5.41) is 0. The first-order valence-corrected chi connectivity index (χ1v) is 6.27. The molecule has 0 saturated carbocycles. The highest BCUT2D eigenvalue weighted by Crippen LogP contribution is 2.24. The molecule has 0 aromatic heterocycles. The maximum absolute atomic E-state index is 11.5. The number of carbonyl (C=O) groups excluding carboxylic acids is 1. The van der Waals surface area contributed by atoms with Gasteiger partial charge in [0.1, 0.15) is 5.88 Å². The second-order valence-electron chi connectivity index (χ2n) is 5.13. The highest BCUT2D eigenvalue weighted by atomic mass is 35.5. The van der Waals surface area contributed by atoms with Gasteiger partial charge in [-0.15, -0.1) is 11.6 Å². The summed E-state index contributed by atoms with van der Waals surface area (Å²) in [6, 6.07) is 8.43. The van der Waals surface area contributed by atoms with Crippen molar-refractivity contribution < 1.29 is 4.79 Å². The first-order chi connectivity index (χ1) is 7.86. The standard InChI is InChI=1S/C14H20ClNO/c1-11-5-7-12(8-6-11)14(2,3)10-16(4)13(17)9-15/h5-8H,9-10H2,1-4H3. The Balaban J connectivity index is 2.81. The van der Waals surface area contributed by atoms with Crippen LogP contribution in [0.4, 0.5) is 0 Å². The fourth-order valence-electron chi connectivity index (χ4n) is 1.88. The number of rotatable bonds is 4. The van der Waals surface area contributed by atoms with Gasteiger partial charge in [0.25, 0.3) is 0 Å². The molecule has 0 aliphatic heterocycles. The van der Waals surface area contributed by atoms with Crippen molar-refractivity contribution in [1.82, 2.24) is 4.90 Å². The fourth-order valence-corrected chi connectivity index (χ4v) is 2.08. The van der Waals surface area contributed by atoms with Gasteiger partial charge in [0.15, 0.2) is 0 Å². The highest BCUT2D eigenvalue weighted by Gasteiger charge is 2.24. The van der Waals surface area contributed by atoms with Gasteiger partial charge in [0, 0.05) is 19.0 Å². The number of benzene rings is 1. The van der Waals surface area contributed by atoms with E-state index >= 15 is 0 Å². The van der Waals surface area contributed by atoms with Gasteiger partial charge in [0.2, 0.25) is 5.91 Å². The zero-order valence-electron chi connectivity index (χ0n) is 11.0. The average Bonchev–Trinajstić information content (AvgIpc) is 2.27. The largest absolute Gasteiger partial charge is 0.344 e. The van der Waals surface area contributed by atoms with Crippen molar-refractivity contribution in [2.75, 3.05) is 19.5 Å². The maximum atomic E-state index is 11.5. The molecule has 0 bridgehead atoms. The molecule has 0 unspecified atom stereocenters. The molecule has 0 N–H and O–H groups in total. The van der Waals surface area contributed by atoms with E-state index in [9.17, 15) is 4.79 Å². The van der Waals surface area contributed by atoms with Crippen molar-refractivity contribution in [3.63, 3.8) is 0 Å². The van der Waals surface area contributed by atoms with Crippen LogP contribution in [-0.4, -0.2) is 30.3 Å². The lowest BCUT2D eigenvalue weighted by molar-refractivity contribution is -0.127. The third kappa shape index (κ3) is 3.74. The Morgan fingerprint density at radius 2 is 1.82 bits per heavy atom. The van der Waals surface area contributed by atoms with E-state index in [-0.39, 0.29) is 17.2 Å². The Kier molecular flexibility index (Phi) is 4.58. The van der Waals surface area contributed by atoms with Crippen molar-refractivity contribution in [1.29, 1.82) is 0 Å². The van der Waals surface area contributed by atoms with E-state index in [0.29, 0.717) is 6.54 Å². The second kappa shape index (κ2) is 5.54. The number of halogens is 1.